The maximum absolute atomic E-state index is 6.16. The van der Waals surface area contributed by atoms with Crippen LogP contribution in [-0.2, 0) is 11.2 Å². The van der Waals surface area contributed by atoms with E-state index in [1.54, 1.807) is 0 Å². The summed E-state index contributed by atoms with van der Waals surface area (Å²) in [5.74, 6) is 0.501. The number of hydrogen-bond donors (Lipinski definition) is 1. The molecule has 1 saturated heterocycles. The minimum Gasteiger partial charge on any atom is -0.381 e. The van der Waals surface area contributed by atoms with Gasteiger partial charge in [-0.25, -0.2) is 0 Å². The monoisotopic (exact) mass is 206 g/mol. The maximum atomic E-state index is 6.16. The van der Waals surface area contributed by atoms with Gasteiger partial charge >= 0.3 is 0 Å². The molecule has 1 aliphatic rings. The summed E-state index contributed by atoms with van der Waals surface area (Å²) in [4.78, 5) is 4.29. The Morgan fingerprint density at radius 1 is 1.53 bits per heavy atom. The molecule has 3 heteroatoms. The molecule has 0 aliphatic carbocycles. The fourth-order valence-corrected chi connectivity index (χ4v) is 2.03. The first-order valence-corrected chi connectivity index (χ1v) is 5.59. The molecule has 0 saturated carbocycles. The Balaban J connectivity index is 1.88. The van der Waals surface area contributed by atoms with Gasteiger partial charge in [-0.15, -0.1) is 0 Å². The molecule has 2 N–H and O–H groups in total. The highest BCUT2D eigenvalue weighted by Crippen LogP contribution is 2.18. The Bertz CT molecular complexity index is 283. The summed E-state index contributed by atoms with van der Waals surface area (Å²) in [6.45, 7) is 1.71. The molecule has 1 aromatic rings. The minimum atomic E-state index is 0.181. The molecule has 0 amide bonds. The van der Waals surface area contributed by atoms with E-state index in [1.165, 1.54) is 6.42 Å². The van der Waals surface area contributed by atoms with Crippen molar-refractivity contribution in [2.45, 2.75) is 25.3 Å². The fourth-order valence-electron chi connectivity index (χ4n) is 2.03. The molecular formula is C12H18N2O. The SMILES string of the molecule is NC(Cc1ccccn1)C1CCCOC1. The first-order chi connectivity index (χ1) is 7.36. The molecule has 2 rings (SSSR count). The fraction of sp³-hybridized carbons (Fsp3) is 0.583. The first kappa shape index (κ1) is 10.6. The number of pyridine rings is 1. The van der Waals surface area contributed by atoms with Crippen molar-refractivity contribution in [2.24, 2.45) is 11.7 Å². The average Bonchev–Trinajstić information content (AvgIpc) is 2.31. The Kier molecular flexibility index (Phi) is 3.69. The molecule has 2 atom stereocenters. The van der Waals surface area contributed by atoms with Crippen LogP contribution in [0.25, 0.3) is 0 Å². The van der Waals surface area contributed by atoms with Crippen molar-refractivity contribution in [3.8, 4) is 0 Å². The van der Waals surface area contributed by atoms with Gasteiger partial charge in [0.05, 0.1) is 6.61 Å². The van der Waals surface area contributed by atoms with Crippen molar-refractivity contribution < 1.29 is 4.74 Å². The second-order valence-electron chi connectivity index (χ2n) is 4.17. The molecule has 2 unspecified atom stereocenters. The predicted molar refractivity (Wildman–Crippen MR) is 59.5 cm³/mol. The van der Waals surface area contributed by atoms with Crippen LogP contribution in [0.15, 0.2) is 24.4 Å². The van der Waals surface area contributed by atoms with E-state index < -0.39 is 0 Å². The zero-order valence-electron chi connectivity index (χ0n) is 8.93. The van der Waals surface area contributed by atoms with Crippen molar-refractivity contribution in [3.05, 3.63) is 30.1 Å². The van der Waals surface area contributed by atoms with Crippen molar-refractivity contribution in [1.82, 2.24) is 4.98 Å². The second-order valence-corrected chi connectivity index (χ2v) is 4.17. The summed E-state index contributed by atoms with van der Waals surface area (Å²) in [7, 11) is 0. The van der Waals surface area contributed by atoms with Gasteiger partial charge in [-0.2, -0.15) is 0 Å². The highest BCUT2D eigenvalue weighted by Gasteiger charge is 2.21. The number of hydrogen-bond acceptors (Lipinski definition) is 3. The van der Waals surface area contributed by atoms with Gasteiger partial charge in [-0.1, -0.05) is 6.07 Å². The zero-order valence-corrected chi connectivity index (χ0v) is 8.93. The standard InChI is InChI=1S/C12H18N2O/c13-12(10-4-3-7-15-9-10)8-11-5-1-2-6-14-11/h1-2,5-6,10,12H,3-4,7-9,13H2. The summed E-state index contributed by atoms with van der Waals surface area (Å²) in [6.07, 6.45) is 5.00. The van der Waals surface area contributed by atoms with Crippen molar-refractivity contribution >= 4 is 0 Å². The third-order valence-corrected chi connectivity index (χ3v) is 2.97. The Hall–Kier alpha value is -0.930. The molecule has 1 aliphatic heterocycles. The largest absolute Gasteiger partial charge is 0.381 e. The van der Waals surface area contributed by atoms with Crippen molar-refractivity contribution in [2.75, 3.05) is 13.2 Å². The van der Waals surface area contributed by atoms with Crippen molar-refractivity contribution in [3.63, 3.8) is 0 Å². The van der Waals surface area contributed by atoms with Gasteiger partial charge in [0.1, 0.15) is 0 Å². The van der Waals surface area contributed by atoms with E-state index in [-0.39, 0.29) is 6.04 Å². The van der Waals surface area contributed by atoms with E-state index in [9.17, 15) is 0 Å². The normalized spacial score (nSPS) is 23.7. The molecule has 0 radical (unpaired) electrons. The van der Waals surface area contributed by atoms with Crippen LogP contribution in [0.1, 0.15) is 18.5 Å². The molecule has 2 heterocycles. The van der Waals surface area contributed by atoms with Crippen LogP contribution >= 0.6 is 0 Å². The maximum Gasteiger partial charge on any atom is 0.0509 e. The van der Waals surface area contributed by atoms with Crippen LogP contribution in [0.4, 0.5) is 0 Å². The first-order valence-electron chi connectivity index (χ1n) is 5.59. The zero-order chi connectivity index (χ0) is 10.5. The smallest absolute Gasteiger partial charge is 0.0509 e. The van der Waals surface area contributed by atoms with Gasteiger partial charge in [0.15, 0.2) is 0 Å². The number of ether oxygens (including phenoxy) is 1. The van der Waals surface area contributed by atoms with E-state index in [0.29, 0.717) is 5.92 Å². The van der Waals surface area contributed by atoms with Gasteiger partial charge < -0.3 is 10.5 Å². The van der Waals surface area contributed by atoms with Gasteiger partial charge in [0.2, 0.25) is 0 Å². The third kappa shape index (κ3) is 3.01. The summed E-state index contributed by atoms with van der Waals surface area (Å²) in [6, 6.07) is 6.15. The topological polar surface area (TPSA) is 48.1 Å². The lowest BCUT2D eigenvalue weighted by atomic mass is 9.91. The molecule has 0 bridgehead atoms. The van der Waals surface area contributed by atoms with E-state index in [4.69, 9.17) is 10.5 Å². The van der Waals surface area contributed by atoms with E-state index >= 15 is 0 Å². The van der Waals surface area contributed by atoms with Crippen LogP contribution in [0, 0.1) is 5.92 Å². The number of aromatic nitrogens is 1. The van der Waals surface area contributed by atoms with E-state index in [2.05, 4.69) is 4.98 Å². The summed E-state index contributed by atoms with van der Waals surface area (Å²) in [5, 5.41) is 0. The Morgan fingerprint density at radius 2 is 2.47 bits per heavy atom. The predicted octanol–water partition coefficient (Wildman–Crippen LogP) is 1.38. The molecule has 0 spiro atoms. The lowest BCUT2D eigenvalue weighted by Gasteiger charge is -2.27. The molecule has 3 nitrogen and oxygen atoms in total. The summed E-state index contributed by atoms with van der Waals surface area (Å²) in [5.41, 5.74) is 7.24. The summed E-state index contributed by atoms with van der Waals surface area (Å²) >= 11 is 0. The third-order valence-electron chi connectivity index (χ3n) is 2.97. The molecule has 0 aromatic carbocycles. The van der Waals surface area contributed by atoms with Crippen LogP contribution < -0.4 is 5.73 Å². The van der Waals surface area contributed by atoms with Gasteiger partial charge in [0, 0.05) is 31.0 Å². The average molecular weight is 206 g/mol. The van der Waals surface area contributed by atoms with Crippen LogP contribution in [0.2, 0.25) is 0 Å². The van der Waals surface area contributed by atoms with Gasteiger partial charge in [-0.05, 0) is 30.9 Å². The molecular weight excluding hydrogens is 188 g/mol. The second kappa shape index (κ2) is 5.24. The highest BCUT2D eigenvalue weighted by molar-refractivity contribution is 5.05. The van der Waals surface area contributed by atoms with Crippen LogP contribution in [-0.4, -0.2) is 24.2 Å². The van der Waals surface area contributed by atoms with Crippen molar-refractivity contribution in [1.29, 1.82) is 0 Å². The molecule has 1 aromatic heterocycles. The molecule has 1 fully saturated rings. The van der Waals surface area contributed by atoms with Crippen LogP contribution in [0.5, 0.6) is 0 Å². The number of nitrogens with zero attached hydrogens (tertiary/aromatic N) is 1. The van der Waals surface area contributed by atoms with E-state index in [0.717, 1.165) is 31.7 Å². The van der Waals surface area contributed by atoms with Crippen LogP contribution in [0.3, 0.4) is 0 Å². The van der Waals surface area contributed by atoms with Gasteiger partial charge in [0.25, 0.3) is 0 Å². The lowest BCUT2D eigenvalue weighted by Crippen LogP contribution is -2.37. The Labute approximate surface area is 90.7 Å². The van der Waals surface area contributed by atoms with E-state index in [1.807, 2.05) is 24.4 Å². The number of nitrogens with two attached hydrogens (primary N) is 1. The summed E-state index contributed by atoms with van der Waals surface area (Å²) < 4.78 is 5.44. The van der Waals surface area contributed by atoms with Gasteiger partial charge in [-0.3, -0.25) is 4.98 Å². The molecule has 15 heavy (non-hydrogen) atoms. The number of rotatable bonds is 3. The quantitative estimate of drug-likeness (QED) is 0.812. The highest BCUT2D eigenvalue weighted by atomic mass is 16.5. The Morgan fingerprint density at radius 3 is 3.13 bits per heavy atom. The lowest BCUT2D eigenvalue weighted by molar-refractivity contribution is 0.0449. The molecule has 82 valence electrons. The minimum absolute atomic E-state index is 0.181.